The fraction of sp³-hybridized carbons (Fsp3) is 0.867. The molecule has 0 aliphatic rings. The number of aliphatic imine (C=N–C) groups is 1. The van der Waals surface area contributed by atoms with Crippen LogP contribution < -0.4 is 10.6 Å². The summed E-state index contributed by atoms with van der Waals surface area (Å²) in [5, 5.41) is 6.52. The number of hydrogen-bond donors (Lipinski definition) is 2. The van der Waals surface area contributed by atoms with E-state index in [0.29, 0.717) is 19.6 Å². The molecular formula is C15H32IN3O3. The summed E-state index contributed by atoms with van der Waals surface area (Å²) in [5.41, 5.74) is 0. The number of nitrogens with zero attached hydrogens (tertiary/aromatic N) is 1. The van der Waals surface area contributed by atoms with E-state index in [-0.39, 0.29) is 36.0 Å². The largest absolute Gasteiger partial charge is 0.466 e. The fourth-order valence-electron chi connectivity index (χ4n) is 1.91. The normalized spacial score (nSPS) is 12.3. The SMILES string of the molecule is CCOC(=O)CCCCCCNC(=NC)NC(C)COC.I. The molecular weight excluding hydrogens is 397 g/mol. The summed E-state index contributed by atoms with van der Waals surface area (Å²) < 4.78 is 9.96. The van der Waals surface area contributed by atoms with Crippen LogP contribution in [0.2, 0.25) is 0 Å². The number of rotatable bonds is 11. The van der Waals surface area contributed by atoms with E-state index < -0.39 is 0 Å². The van der Waals surface area contributed by atoms with E-state index in [9.17, 15) is 4.79 Å². The van der Waals surface area contributed by atoms with Crippen molar-refractivity contribution in [2.45, 2.75) is 52.0 Å². The van der Waals surface area contributed by atoms with Gasteiger partial charge in [0, 0.05) is 33.2 Å². The van der Waals surface area contributed by atoms with Crippen LogP contribution in [-0.4, -0.2) is 51.9 Å². The minimum Gasteiger partial charge on any atom is -0.466 e. The number of hydrogen-bond acceptors (Lipinski definition) is 4. The summed E-state index contributed by atoms with van der Waals surface area (Å²) in [6.07, 6.45) is 4.63. The molecule has 0 saturated heterocycles. The molecule has 132 valence electrons. The molecule has 6 nitrogen and oxygen atoms in total. The van der Waals surface area contributed by atoms with Gasteiger partial charge in [-0.1, -0.05) is 12.8 Å². The molecule has 0 saturated carbocycles. The number of methoxy groups -OCH3 is 1. The molecule has 0 bridgehead atoms. The van der Waals surface area contributed by atoms with Crippen LogP contribution in [0, 0.1) is 0 Å². The van der Waals surface area contributed by atoms with Crippen molar-refractivity contribution in [3.63, 3.8) is 0 Å². The van der Waals surface area contributed by atoms with Gasteiger partial charge in [0.25, 0.3) is 0 Å². The van der Waals surface area contributed by atoms with Gasteiger partial charge in [0.15, 0.2) is 5.96 Å². The highest BCUT2D eigenvalue weighted by Crippen LogP contribution is 2.03. The van der Waals surface area contributed by atoms with Gasteiger partial charge in [-0.25, -0.2) is 0 Å². The molecule has 1 atom stereocenters. The van der Waals surface area contributed by atoms with Gasteiger partial charge in [0.05, 0.1) is 13.2 Å². The van der Waals surface area contributed by atoms with Gasteiger partial charge < -0.3 is 20.1 Å². The quantitative estimate of drug-likeness (QED) is 0.173. The van der Waals surface area contributed by atoms with E-state index in [0.717, 1.165) is 38.2 Å². The zero-order valence-electron chi connectivity index (χ0n) is 14.3. The third-order valence-corrected chi connectivity index (χ3v) is 2.93. The molecule has 2 N–H and O–H groups in total. The second-order valence-corrected chi connectivity index (χ2v) is 4.97. The molecule has 7 heteroatoms. The minimum atomic E-state index is -0.0904. The summed E-state index contributed by atoms with van der Waals surface area (Å²) in [6, 6.07) is 0.228. The van der Waals surface area contributed by atoms with Crippen LogP contribution in [0.4, 0.5) is 0 Å². The number of guanidine groups is 1. The van der Waals surface area contributed by atoms with Gasteiger partial charge >= 0.3 is 5.97 Å². The highest BCUT2D eigenvalue weighted by atomic mass is 127. The Balaban J connectivity index is 0. The van der Waals surface area contributed by atoms with Crippen molar-refractivity contribution in [3.8, 4) is 0 Å². The second-order valence-electron chi connectivity index (χ2n) is 4.97. The number of halogens is 1. The zero-order valence-corrected chi connectivity index (χ0v) is 16.6. The Morgan fingerprint density at radius 1 is 1.23 bits per heavy atom. The Labute approximate surface area is 151 Å². The first-order valence-electron chi connectivity index (χ1n) is 7.75. The van der Waals surface area contributed by atoms with E-state index in [4.69, 9.17) is 9.47 Å². The van der Waals surface area contributed by atoms with Crippen molar-refractivity contribution in [1.82, 2.24) is 10.6 Å². The predicted octanol–water partition coefficient (Wildman–Crippen LogP) is 2.32. The number of nitrogens with one attached hydrogen (secondary N) is 2. The Morgan fingerprint density at radius 2 is 1.91 bits per heavy atom. The van der Waals surface area contributed by atoms with E-state index >= 15 is 0 Å². The number of carbonyl (C=O) groups excluding carboxylic acids is 1. The number of ether oxygens (including phenoxy) is 2. The predicted molar refractivity (Wildman–Crippen MR) is 101 cm³/mol. The first-order chi connectivity index (χ1) is 10.1. The molecule has 0 aromatic rings. The summed E-state index contributed by atoms with van der Waals surface area (Å²) >= 11 is 0. The summed E-state index contributed by atoms with van der Waals surface area (Å²) in [6.45, 7) is 5.87. The third kappa shape index (κ3) is 14.4. The Kier molecular flexibility index (Phi) is 18.1. The van der Waals surface area contributed by atoms with Crippen LogP contribution >= 0.6 is 24.0 Å². The van der Waals surface area contributed by atoms with Crippen molar-refractivity contribution >= 4 is 35.9 Å². The summed E-state index contributed by atoms with van der Waals surface area (Å²) in [4.78, 5) is 15.3. The lowest BCUT2D eigenvalue weighted by Gasteiger charge is -2.17. The molecule has 0 aliphatic carbocycles. The van der Waals surface area contributed by atoms with Gasteiger partial charge in [0.1, 0.15) is 0 Å². The average molecular weight is 429 g/mol. The van der Waals surface area contributed by atoms with Crippen molar-refractivity contribution in [3.05, 3.63) is 0 Å². The van der Waals surface area contributed by atoms with Crippen LogP contribution in [0.15, 0.2) is 4.99 Å². The molecule has 0 spiro atoms. The molecule has 0 radical (unpaired) electrons. The molecule has 0 aromatic heterocycles. The molecule has 0 aliphatic heterocycles. The van der Waals surface area contributed by atoms with Gasteiger partial charge in [-0.3, -0.25) is 9.79 Å². The van der Waals surface area contributed by atoms with E-state index in [2.05, 4.69) is 15.6 Å². The third-order valence-electron chi connectivity index (χ3n) is 2.93. The second kappa shape index (κ2) is 16.8. The Hall–Kier alpha value is -0.570. The first-order valence-corrected chi connectivity index (χ1v) is 7.75. The molecule has 0 amide bonds. The van der Waals surface area contributed by atoms with Gasteiger partial charge in [-0.05, 0) is 26.7 Å². The molecule has 0 aromatic carbocycles. The lowest BCUT2D eigenvalue weighted by Crippen LogP contribution is -2.44. The van der Waals surface area contributed by atoms with Gasteiger partial charge in [0.2, 0.25) is 0 Å². The van der Waals surface area contributed by atoms with Crippen molar-refractivity contribution in [2.75, 3.05) is 33.9 Å². The maximum atomic E-state index is 11.1. The van der Waals surface area contributed by atoms with E-state index in [1.165, 1.54) is 0 Å². The zero-order chi connectivity index (χ0) is 15.9. The van der Waals surface area contributed by atoms with Crippen molar-refractivity contribution in [2.24, 2.45) is 4.99 Å². The van der Waals surface area contributed by atoms with Crippen LogP contribution in [0.25, 0.3) is 0 Å². The maximum absolute atomic E-state index is 11.1. The molecule has 0 rings (SSSR count). The average Bonchev–Trinajstić information content (AvgIpc) is 2.45. The minimum absolute atomic E-state index is 0. The van der Waals surface area contributed by atoms with E-state index in [1.807, 2.05) is 13.8 Å². The van der Waals surface area contributed by atoms with Gasteiger partial charge in [-0.15, -0.1) is 24.0 Å². The highest BCUT2D eigenvalue weighted by molar-refractivity contribution is 14.0. The fourth-order valence-corrected chi connectivity index (χ4v) is 1.91. The molecule has 0 heterocycles. The summed E-state index contributed by atoms with van der Waals surface area (Å²) in [5.74, 6) is 0.707. The smallest absolute Gasteiger partial charge is 0.305 e. The maximum Gasteiger partial charge on any atom is 0.305 e. The van der Waals surface area contributed by atoms with Crippen LogP contribution in [0.1, 0.15) is 46.0 Å². The van der Waals surface area contributed by atoms with Crippen molar-refractivity contribution in [1.29, 1.82) is 0 Å². The monoisotopic (exact) mass is 429 g/mol. The van der Waals surface area contributed by atoms with E-state index in [1.54, 1.807) is 14.2 Å². The standard InChI is InChI=1S/C15H31N3O3.HI/c1-5-21-14(19)10-8-6-7-9-11-17-15(16-3)18-13(2)12-20-4;/h13H,5-12H2,1-4H3,(H2,16,17,18);1H. The molecule has 1 unspecified atom stereocenters. The first kappa shape index (κ1) is 23.7. The summed E-state index contributed by atoms with van der Waals surface area (Å²) in [7, 11) is 3.44. The van der Waals surface area contributed by atoms with Crippen LogP contribution in [-0.2, 0) is 14.3 Å². The number of unbranched alkanes of at least 4 members (excludes halogenated alkanes) is 3. The lowest BCUT2D eigenvalue weighted by atomic mass is 10.1. The van der Waals surface area contributed by atoms with Gasteiger partial charge in [-0.2, -0.15) is 0 Å². The topological polar surface area (TPSA) is 72.0 Å². The Bertz CT molecular complexity index is 302. The number of carbonyl (C=O) groups is 1. The number of esters is 1. The van der Waals surface area contributed by atoms with Crippen LogP contribution in [0.3, 0.4) is 0 Å². The molecule has 22 heavy (non-hydrogen) atoms. The highest BCUT2D eigenvalue weighted by Gasteiger charge is 2.04. The van der Waals surface area contributed by atoms with Crippen molar-refractivity contribution < 1.29 is 14.3 Å². The van der Waals surface area contributed by atoms with Crippen LogP contribution in [0.5, 0.6) is 0 Å². The lowest BCUT2D eigenvalue weighted by molar-refractivity contribution is -0.143. The molecule has 0 fully saturated rings. The Morgan fingerprint density at radius 3 is 2.50 bits per heavy atom.